The van der Waals surface area contributed by atoms with E-state index in [0.29, 0.717) is 12.1 Å². The van der Waals surface area contributed by atoms with Gasteiger partial charge in [-0.2, -0.15) is 0 Å². The van der Waals surface area contributed by atoms with E-state index < -0.39 is 0 Å². The fourth-order valence-corrected chi connectivity index (χ4v) is 2.42. The Hall–Kier alpha value is -0.800. The van der Waals surface area contributed by atoms with E-state index in [4.69, 9.17) is 4.74 Å². The van der Waals surface area contributed by atoms with E-state index >= 15 is 0 Å². The van der Waals surface area contributed by atoms with E-state index in [1.807, 2.05) is 6.20 Å². The second-order valence-electron chi connectivity index (χ2n) is 4.90. The predicted octanol–water partition coefficient (Wildman–Crippen LogP) is 2.31. The van der Waals surface area contributed by atoms with Crippen molar-refractivity contribution < 1.29 is 4.74 Å². The molecule has 96 valence electrons. The van der Waals surface area contributed by atoms with Crippen LogP contribution >= 0.6 is 0 Å². The third-order valence-electron chi connectivity index (χ3n) is 3.39. The molecule has 1 atom stereocenters. The summed E-state index contributed by atoms with van der Waals surface area (Å²) < 4.78 is 6.00. The maximum Gasteiger partial charge on any atom is 0.147 e. The number of hydrogen-bond donors (Lipinski definition) is 2. The molecule has 0 bridgehead atoms. The van der Waals surface area contributed by atoms with Gasteiger partial charge in [-0.1, -0.05) is 20.3 Å². The Morgan fingerprint density at radius 2 is 2.24 bits per heavy atom. The minimum Gasteiger partial charge on any atom is -0.363 e. The average molecular weight is 236 g/mol. The highest BCUT2D eigenvalue weighted by Gasteiger charge is 2.30. The van der Waals surface area contributed by atoms with Crippen molar-refractivity contribution >= 4 is 0 Å². The summed E-state index contributed by atoms with van der Waals surface area (Å²) in [6.07, 6.45) is 11.5. The smallest absolute Gasteiger partial charge is 0.147 e. The van der Waals surface area contributed by atoms with Crippen LogP contribution in [0.2, 0.25) is 0 Å². The molecule has 3 heteroatoms. The largest absolute Gasteiger partial charge is 0.363 e. The van der Waals surface area contributed by atoms with Crippen molar-refractivity contribution in [3.05, 3.63) is 23.9 Å². The van der Waals surface area contributed by atoms with E-state index in [1.54, 1.807) is 0 Å². The van der Waals surface area contributed by atoms with Gasteiger partial charge in [0.15, 0.2) is 0 Å². The number of dihydropyridines is 1. The minimum atomic E-state index is 0.0779. The molecule has 2 aliphatic rings. The highest BCUT2D eigenvalue weighted by molar-refractivity contribution is 5.23. The molecule has 0 spiro atoms. The summed E-state index contributed by atoms with van der Waals surface area (Å²) in [6.45, 7) is 5.42. The first-order valence-electron chi connectivity index (χ1n) is 6.84. The van der Waals surface area contributed by atoms with Crippen molar-refractivity contribution in [1.82, 2.24) is 10.6 Å². The molecule has 0 radical (unpaired) electrons. The van der Waals surface area contributed by atoms with Crippen molar-refractivity contribution in [1.29, 1.82) is 0 Å². The summed E-state index contributed by atoms with van der Waals surface area (Å²) >= 11 is 0. The van der Waals surface area contributed by atoms with Crippen LogP contribution in [0.15, 0.2) is 23.9 Å². The standard InChI is InChI=1S/C14H24N2O/c1-3-5-11-6-7-16-14(8-11)17-13-9-12(10-13)15-4-2/h6-8,12-16H,3-5,9-10H2,1-2H3. The molecule has 1 unspecified atom stereocenters. The molecular weight excluding hydrogens is 212 g/mol. The lowest BCUT2D eigenvalue weighted by molar-refractivity contribution is -0.0534. The number of rotatable bonds is 6. The number of allylic oxidation sites excluding steroid dienone is 2. The Labute approximate surface area is 104 Å². The summed E-state index contributed by atoms with van der Waals surface area (Å²) in [4.78, 5) is 0. The molecular formula is C14H24N2O. The van der Waals surface area contributed by atoms with Crippen LogP contribution in [0, 0.1) is 0 Å². The van der Waals surface area contributed by atoms with Gasteiger partial charge in [-0.15, -0.1) is 0 Å². The van der Waals surface area contributed by atoms with Gasteiger partial charge in [0.05, 0.1) is 6.10 Å². The lowest BCUT2D eigenvalue weighted by atomic mass is 9.89. The molecule has 0 aromatic rings. The zero-order valence-corrected chi connectivity index (χ0v) is 10.9. The van der Waals surface area contributed by atoms with Crippen LogP contribution in [0.25, 0.3) is 0 Å². The third kappa shape index (κ3) is 3.58. The molecule has 3 nitrogen and oxygen atoms in total. The zero-order chi connectivity index (χ0) is 12.1. The summed E-state index contributed by atoms with van der Waals surface area (Å²) in [5.41, 5.74) is 1.39. The Kier molecular flexibility index (Phi) is 4.63. The van der Waals surface area contributed by atoms with Crippen molar-refractivity contribution in [3.63, 3.8) is 0 Å². The normalized spacial score (nSPS) is 31.6. The van der Waals surface area contributed by atoms with Crippen molar-refractivity contribution in [2.24, 2.45) is 0 Å². The Morgan fingerprint density at radius 1 is 1.41 bits per heavy atom. The second-order valence-corrected chi connectivity index (χ2v) is 4.90. The van der Waals surface area contributed by atoms with Crippen LogP contribution in [-0.4, -0.2) is 24.9 Å². The number of ether oxygens (including phenoxy) is 1. The maximum atomic E-state index is 6.00. The van der Waals surface area contributed by atoms with Crippen molar-refractivity contribution in [2.45, 2.75) is 57.9 Å². The second kappa shape index (κ2) is 6.22. The lowest BCUT2D eigenvalue weighted by Crippen LogP contribution is -2.47. The van der Waals surface area contributed by atoms with E-state index in [9.17, 15) is 0 Å². The van der Waals surface area contributed by atoms with Crippen LogP contribution < -0.4 is 10.6 Å². The van der Waals surface area contributed by atoms with Gasteiger partial charge >= 0.3 is 0 Å². The van der Waals surface area contributed by atoms with Gasteiger partial charge in [-0.05, 0) is 49.7 Å². The number of nitrogens with one attached hydrogen (secondary N) is 2. The molecule has 0 aromatic heterocycles. The molecule has 0 saturated heterocycles. The first kappa shape index (κ1) is 12.7. The minimum absolute atomic E-state index is 0.0779. The van der Waals surface area contributed by atoms with Crippen molar-refractivity contribution in [2.75, 3.05) is 6.54 Å². The first-order chi connectivity index (χ1) is 8.31. The third-order valence-corrected chi connectivity index (χ3v) is 3.39. The van der Waals surface area contributed by atoms with Crippen LogP contribution in [0.5, 0.6) is 0 Å². The highest BCUT2D eigenvalue weighted by atomic mass is 16.5. The molecule has 1 saturated carbocycles. The number of hydrogen-bond acceptors (Lipinski definition) is 3. The van der Waals surface area contributed by atoms with Crippen LogP contribution in [0.1, 0.15) is 39.5 Å². The molecule has 0 amide bonds. The van der Waals surface area contributed by atoms with Crippen LogP contribution in [0.4, 0.5) is 0 Å². The lowest BCUT2D eigenvalue weighted by Gasteiger charge is -2.37. The van der Waals surface area contributed by atoms with Gasteiger partial charge in [0.2, 0.25) is 0 Å². The summed E-state index contributed by atoms with van der Waals surface area (Å²) in [5.74, 6) is 0. The predicted molar refractivity (Wildman–Crippen MR) is 70.6 cm³/mol. The summed E-state index contributed by atoms with van der Waals surface area (Å²) in [7, 11) is 0. The molecule has 17 heavy (non-hydrogen) atoms. The summed E-state index contributed by atoms with van der Waals surface area (Å²) in [5, 5.41) is 6.70. The molecule has 2 rings (SSSR count). The Balaban J connectivity index is 1.72. The van der Waals surface area contributed by atoms with E-state index in [0.717, 1.165) is 25.8 Å². The monoisotopic (exact) mass is 236 g/mol. The van der Waals surface area contributed by atoms with Gasteiger partial charge in [-0.3, -0.25) is 0 Å². The molecule has 1 aliphatic heterocycles. The average Bonchev–Trinajstić information content (AvgIpc) is 2.27. The quantitative estimate of drug-likeness (QED) is 0.742. The van der Waals surface area contributed by atoms with Gasteiger partial charge in [0, 0.05) is 6.04 Å². The SMILES string of the molecule is CCCC1=CC(OC2CC(NCC)C2)NC=C1. The molecule has 0 aromatic carbocycles. The first-order valence-corrected chi connectivity index (χ1v) is 6.84. The topological polar surface area (TPSA) is 33.3 Å². The van der Waals surface area contributed by atoms with Crippen LogP contribution in [0.3, 0.4) is 0 Å². The van der Waals surface area contributed by atoms with Gasteiger partial charge < -0.3 is 15.4 Å². The van der Waals surface area contributed by atoms with Gasteiger partial charge in [0.1, 0.15) is 6.23 Å². The highest BCUT2D eigenvalue weighted by Crippen LogP contribution is 2.25. The maximum absolute atomic E-state index is 6.00. The zero-order valence-electron chi connectivity index (χ0n) is 10.9. The molecule has 1 fully saturated rings. The fraction of sp³-hybridized carbons (Fsp3) is 0.714. The fourth-order valence-electron chi connectivity index (χ4n) is 2.42. The van der Waals surface area contributed by atoms with Crippen LogP contribution in [-0.2, 0) is 4.74 Å². The summed E-state index contributed by atoms with van der Waals surface area (Å²) in [6, 6.07) is 0.670. The molecule has 2 N–H and O–H groups in total. The molecule has 1 aliphatic carbocycles. The van der Waals surface area contributed by atoms with Gasteiger partial charge in [-0.25, -0.2) is 0 Å². The van der Waals surface area contributed by atoms with Gasteiger partial charge in [0.25, 0.3) is 0 Å². The van der Waals surface area contributed by atoms with E-state index in [-0.39, 0.29) is 6.23 Å². The Morgan fingerprint density at radius 3 is 2.94 bits per heavy atom. The van der Waals surface area contributed by atoms with E-state index in [1.165, 1.54) is 12.0 Å². The van der Waals surface area contributed by atoms with Crippen molar-refractivity contribution in [3.8, 4) is 0 Å². The van der Waals surface area contributed by atoms with E-state index in [2.05, 4.69) is 36.6 Å². The molecule has 1 heterocycles. The Bertz CT molecular complexity index is 293.